The fraction of sp³-hybridized carbons (Fsp3) is 0.167. The van der Waals surface area contributed by atoms with Crippen molar-refractivity contribution in [1.82, 2.24) is 0 Å². The van der Waals surface area contributed by atoms with Gasteiger partial charge in [0.05, 0.1) is 22.3 Å². The minimum absolute atomic E-state index is 0.519. The van der Waals surface area contributed by atoms with Gasteiger partial charge in [-0.15, -0.1) is 0 Å². The highest BCUT2D eigenvalue weighted by Gasteiger charge is 2.61. The summed E-state index contributed by atoms with van der Waals surface area (Å²) in [5.41, 5.74) is -10.2. The van der Waals surface area contributed by atoms with Crippen LogP contribution in [-0.4, -0.2) is 50.5 Å². The van der Waals surface area contributed by atoms with Crippen LogP contribution < -0.4 is 0 Å². The second kappa shape index (κ2) is 5.99. The predicted molar refractivity (Wildman–Crippen MR) is 64.2 cm³/mol. The Bertz CT molecular complexity index is 796. The molecule has 0 amide bonds. The Kier molecular flexibility index (Phi) is 4.75. The molecule has 0 saturated carbocycles. The molecule has 0 saturated heterocycles. The molecule has 0 atom stereocenters. The number of hydrogen-bond donors (Lipinski definition) is 4. The highest BCUT2D eigenvalue weighted by Crippen LogP contribution is 2.46. The van der Waals surface area contributed by atoms with Gasteiger partial charge < -0.3 is 20.4 Å². The van der Waals surface area contributed by atoms with Crippen LogP contribution in [-0.2, 0) is 5.92 Å². The molecule has 13 heteroatoms. The third-order valence-corrected chi connectivity index (χ3v) is 2.89. The first-order chi connectivity index (χ1) is 11.1. The number of carboxylic acids is 4. The molecule has 0 fully saturated rings. The average Bonchev–Trinajstić information content (AvgIpc) is 2.42. The van der Waals surface area contributed by atoms with Crippen LogP contribution in [0.25, 0.3) is 0 Å². The Balaban J connectivity index is 4.25. The number of halogens is 5. The Morgan fingerprint density at radius 2 is 1.08 bits per heavy atom. The van der Waals surface area contributed by atoms with Crippen molar-refractivity contribution in [3.63, 3.8) is 0 Å². The van der Waals surface area contributed by atoms with Crippen LogP contribution in [0.3, 0.4) is 0 Å². The van der Waals surface area contributed by atoms with E-state index < -0.39 is 69.9 Å². The highest BCUT2D eigenvalue weighted by atomic mass is 19.4. The first-order valence-electron chi connectivity index (χ1n) is 5.73. The van der Waals surface area contributed by atoms with Gasteiger partial charge in [-0.25, -0.2) is 19.2 Å². The molecule has 0 unspecified atom stereocenters. The van der Waals surface area contributed by atoms with E-state index in [9.17, 15) is 41.1 Å². The van der Waals surface area contributed by atoms with E-state index >= 15 is 0 Å². The minimum Gasteiger partial charge on any atom is -0.478 e. The van der Waals surface area contributed by atoms with Gasteiger partial charge in [0.25, 0.3) is 0 Å². The van der Waals surface area contributed by atoms with Crippen molar-refractivity contribution < 1.29 is 61.6 Å². The molecule has 0 aliphatic heterocycles. The van der Waals surface area contributed by atoms with Crippen molar-refractivity contribution in [2.75, 3.05) is 0 Å². The number of carbonyl (C=O) groups is 4. The molecule has 0 aromatic heterocycles. The van der Waals surface area contributed by atoms with Gasteiger partial charge in [-0.1, -0.05) is 0 Å². The average molecular weight is 372 g/mol. The lowest BCUT2D eigenvalue weighted by Gasteiger charge is -2.23. The fourth-order valence-corrected chi connectivity index (χ4v) is 1.91. The van der Waals surface area contributed by atoms with Crippen molar-refractivity contribution in [2.45, 2.75) is 12.1 Å². The first kappa shape index (κ1) is 19.8. The zero-order valence-electron chi connectivity index (χ0n) is 11.4. The van der Waals surface area contributed by atoms with Crippen molar-refractivity contribution in [1.29, 1.82) is 0 Å². The van der Waals surface area contributed by atoms with Gasteiger partial charge in [-0.3, -0.25) is 0 Å². The van der Waals surface area contributed by atoms with E-state index in [-0.39, 0.29) is 0 Å². The third kappa shape index (κ3) is 3.20. The van der Waals surface area contributed by atoms with Crippen LogP contribution in [0.1, 0.15) is 47.0 Å². The summed E-state index contributed by atoms with van der Waals surface area (Å²) >= 11 is 0. The maximum atomic E-state index is 13.6. The van der Waals surface area contributed by atoms with Gasteiger partial charge in [0.2, 0.25) is 0 Å². The second-order valence-electron chi connectivity index (χ2n) is 4.39. The normalized spacial score (nSPS) is 11.9. The van der Waals surface area contributed by atoms with Gasteiger partial charge in [0.1, 0.15) is 0 Å². The minimum atomic E-state index is -6.41. The molecule has 4 N–H and O–H groups in total. The smallest absolute Gasteiger partial charge is 0.458 e. The standard InChI is InChI=1S/C12H5F5O8/c13-11(14,12(15,16)17)3-1-2(7(18)19)4(8(20)21)6(10(24)25)5(3)9(22)23/h1H,(H,18,19)(H,20,21)(H,22,23)(H,24,25). The zero-order chi connectivity index (χ0) is 19.9. The lowest BCUT2D eigenvalue weighted by Crippen LogP contribution is -2.37. The van der Waals surface area contributed by atoms with Crippen LogP contribution in [0.2, 0.25) is 0 Å². The summed E-state index contributed by atoms with van der Waals surface area (Å²) in [6.45, 7) is 0. The SMILES string of the molecule is O=C(O)c1cc(C(F)(F)C(F)(F)F)c(C(=O)O)c(C(=O)O)c1C(=O)O. The summed E-state index contributed by atoms with van der Waals surface area (Å²) in [6.07, 6.45) is -6.41. The molecular weight excluding hydrogens is 367 g/mol. The van der Waals surface area contributed by atoms with Crippen LogP contribution in [0.15, 0.2) is 6.07 Å². The molecule has 0 bridgehead atoms. The largest absolute Gasteiger partial charge is 0.478 e. The Morgan fingerprint density at radius 3 is 1.36 bits per heavy atom. The van der Waals surface area contributed by atoms with Crippen LogP contribution >= 0.6 is 0 Å². The van der Waals surface area contributed by atoms with Gasteiger partial charge in [0, 0.05) is 5.56 Å². The molecular formula is C12H5F5O8. The summed E-state index contributed by atoms with van der Waals surface area (Å²) in [7, 11) is 0. The van der Waals surface area contributed by atoms with Gasteiger partial charge >= 0.3 is 36.0 Å². The quantitative estimate of drug-likeness (QED) is 0.574. The first-order valence-corrected chi connectivity index (χ1v) is 5.73. The van der Waals surface area contributed by atoms with Crippen LogP contribution in [0, 0.1) is 0 Å². The maximum Gasteiger partial charge on any atom is 0.458 e. The Hall–Kier alpha value is -3.25. The molecule has 0 aliphatic carbocycles. The number of benzene rings is 1. The van der Waals surface area contributed by atoms with Crippen molar-refractivity contribution >= 4 is 23.9 Å². The van der Waals surface area contributed by atoms with Crippen LogP contribution in [0.5, 0.6) is 0 Å². The van der Waals surface area contributed by atoms with Gasteiger partial charge in [-0.05, 0) is 6.07 Å². The van der Waals surface area contributed by atoms with Crippen LogP contribution in [0.4, 0.5) is 22.0 Å². The Labute approximate surface area is 132 Å². The molecule has 25 heavy (non-hydrogen) atoms. The van der Waals surface area contributed by atoms with Gasteiger partial charge in [0.15, 0.2) is 0 Å². The zero-order valence-corrected chi connectivity index (χ0v) is 11.4. The Morgan fingerprint density at radius 1 is 0.680 bits per heavy atom. The van der Waals surface area contributed by atoms with E-state index in [0.29, 0.717) is 0 Å². The van der Waals surface area contributed by atoms with E-state index in [0.717, 1.165) is 0 Å². The molecule has 0 radical (unpaired) electrons. The number of alkyl halides is 5. The molecule has 8 nitrogen and oxygen atoms in total. The third-order valence-electron chi connectivity index (χ3n) is 2.89. The summed E-state index contributed by atoms with van der Waals surface area (Å²) in [4.78, 5) is 44.2. The number of rotatable bonds is 5. The lowest BCUT2D eigenvalue weighted by atomic mass is 9.88. The molecule has 1 aromatic rings. The summed E-state index contributed by atoms with van der Waals surface area (Å²) < 4.78 is 64.8. The molecule has 0 heterocycles. The van der Waals surface area contributed by atoms with Crippen molar-refractivity contribution in [2.24, 2.45) is 0 Å². The van der Waals surface area contributed by atoms with Crippen molar-refractivity contribution in [3.05, 3.63) is 33.9 Å². The van der Waals surface area contributed by atoms with Gasteiger partial charge in [-0.2, -0.15) is 22.0 Å². The van der Waals surface area contributed by atoms with E-state index in [1.54, 1.807) is 0 Å². The van der Waals surface area contributed by atoms with Crippen molar-refractivity contribution in [3.8, 4) is 0 Å². The summed E-state index contributed by atoms with van der Waals surface area (Å²) in [6, 6.07) is -0.519. The topological polar surface area (TPSA) is 149 Å². The summed E-state index contributed by atoms with van der Waals surface area (Å²) in [5.74, 6) is -15.8. The van der Waals surface area contributed by atoms with E-state index in [1.807, 2.05) is 0 Å². The summed E-state index contributed by atoms with van der Waals surface area (Å²) in [5, 5.41) is 35.4. The fourth-order valence-electron chi connectivity index (χ4n) is 1.91. The molecule has 1 rings (SSSR count). The lowest BCUT2D eigenvalue weighted by molar-refractivity contribution is -0.289. The maximum absolute atomic E-state index is 13.6. The van der Waals surface area contributed by atoms with E-state index in [2.05, 4.69) is 0 Å². The molecule has 0 aliphatic rings. The second-order valence-corrected chi connectivity index (χ2v) is 4.39. The monoisotopic (exact) mass is 372 g/mol. The molecule has 136 valence electrons. The predicted octanol–water partition coefficient (Wildman–Crippen LogP) is 2.13. The molecule has 1 aromatic carbocycles. The number of aromatic carboxylic acids is 4. The highest BCUT2D eigenvalue weighted by molar-refractivity contribution is 6.14. The molecule has 0 spiro atoms. The van der Waals surface area contributed by atoms with E-state index in [1.165, 1.54) is 0 Å². The number of hydrogen-bond acceptors (Lipinski definition) is 4. The van der Waals surface area contributed by atoms with E-state index in [4.69, 9.17) is 20.4 Å². The number of carboxylic acid groups (broad SMARTS) is 4.